The number of amides is 1. The molecule has 0 spiro atoms. The molecule has 0 unspecified atom stereocenters. The lowest BCUT2D eigenvalue weighted by Crippen LogP contribution is -2.45. The predicted octanol–water partition coefficient (Wildman–Crippen LogP) is 1.81. The Morgan fingerprint density at radius 3 is 2.68 bits per heavy atom. The lowest BCUT2D eigenvalue weighted by molar-refractivity contribution is 0.0264. The van der Waals surface area contributed by atoms with Gasteiger partial charge >= 0.3 is 0 Å². The van der Waals surface area contributed by atoms with E-state index in [1.54, 1.807) is 11.9 Å². The van der Waals surface area contributed by atoms with Crippen LogP contribution in [0.2, 0.25) is 0 Å². The summed E-state index contributed by atoms with van der Waals surface area (Å²) in [6, 6.07) is 9.40. The first kappa shape index (κ1) is 17.4. The van der Waals surface area contributed by atoms with Crippen LogP contribution in [0.1, 0.15) is 28.0 Å². The molecule has 1 atom stereocenters. The van der Waals surface area contributed by atoms with Crippen molar-refractivity contribution < 1.29 is 9.90 Å². The second-order valence-corrected chi connectivity index (χ2v) is 6.94. The first-order valence-electron chi connectivity index (χ1n) is 8.44. The molecule has 1 N–H and O–H groups in total. The molecular formula is C19H24N4O2. The van der Waals surface area contributed by atoms with Gasteiger partial charge in [-0.25, -0.2) is 9.97 Å². The van der Waals surface area contributed by atoms with Crippen LogP contribution < -0.4 is 4.90 Å². The number of aromatic nitrogens is 2. The molecule has 1 amide bonds. The number of rotatable bonds is 4. The summed E-state index contributed by atoms with van der Waals surface area (Å²) in [5.74, 6) is 0.737. The number of β-amino-alcohol motifs (C(OH)–C–C–N with tert-alkyl or cyclic N) is 1. The number of carbonyl (C=O) groups excluding carboxylic acids is 1. The lowest BCUT2D eigenvalue weighted by Gasteiger charge is -2.29. The quantitative estimate of drug-likeness (QED) is 0.919. The number of nitrogens with zero attached hydrogens (tertiary/aromatic N) is 4. The van der Waals surface area contributed by atoms with Crippen molar-refractivity contribution in [1.82, 2.24) is 14.9 Å². The van der Waals surface area contributed by atoms with Crippen molar-refractivity contribution in [3.63, 3.8) is 0 Å². The molecule has 3 rings (SSSR count). The minimum absolute atomic E-state index is 0.0789. The van der Waals surface area contributed by atoms with E-state index in [1.807, 2.05) is 49.1 Å². The van der Waals surface area contributed by atoms with Gasteiger partial charge in [0.25, 0.3) is 5.91 Å². The summed E-state index contributed by atoms with van der Waals surface area (Å²) in [6.07, 6.45) is 2.14. The highest BCUT2D eigenvalue weighted by atomic mass is 16.3. The van der Waals surface area contributed by atoms with Crippen molar-refractivity contribution in [2.75, 3.05) is 31.6 Å². The largest absolute Gasteiger partial charge is 0.386 e. The Morgan fingerprint density at radius 2 is 2.00 bits per heavy atom. The van der Waals surface area contributed by atoms with E-state index in [2.05, 4.69) is 9.97 Å². The van der Waals surface area contributed by atoms with E-state index in [9.17, 15) is 9.90 Å². The zero-order valence-corrected chi connectivity index (χ0v) is 14.9. The number of likely N-dealkylation sites (N-methyl/N-ethyl adjacent to an activating group) is 1. The van der Waals surface area contributed by atoms with Crippen LogP contribution in [0.5, 0.6) is 0 Å². The van der Waals surface area contributed by atoms with Crippen molar-refractivity contribution in [3.8, 4) is 0 Å². The average molecular weight is 340 g/mol. The predicted molar refractivity (Wildman–Crippen MR) is 96.7 cm³/mol. The smallest absolute Gasteiger partial charge is 0.253 e. The molecule has 0 bridgehead atoms. The molecule has 0 aliphatic carbocycles. The molecule has 2 aromatic rings. The van der Waals surface area contributed by atoms with E-state index in [0.717, 1.165) is 17.1 Å². The van der Waals surface area contributed by atoms with Crippen LogP contribution in [0.15, 0.2) is 36.7 Å². The van der Waals surface area contributed by atoms with Gasteiger partial charge in [0.15, 0.2) is 0 Å². The SMILES string of the molecule is Cc1ccc(C(=O)N(C)C[C@@]2(O)CCN(c3cc(C)ncn3)C2)cc1. The lowest BCUT2D eigenvalue weighted by atomic mass is 10.0. The van der Waals surface area contributed by atoms with Gasteiger partial charge in [-0.3, -0.25) is 4.79 Å². The fraction of sp³-hybridized carbons (Fsp3) is 0.421. The van der Waals surface area contributed by atoms with Gasteiger partial charge in [0.05, 0.1) is 6.54 Å². The molecule has 1 aliphatic heterocycles. The summed E-state index contributed by atoms with van der Waals surface area (Å²) in [7, 11) is 1.73. The maximum atomic E-state index is 12.6. The molecule has 1 aromatic heterocycles. The monoisotopic (exact) mass is 340 g/mol. The van der Waals surface area contributed by atoms with E-state index in [0.29, 0.717) is 31.6 Å². The van der Waals surface area contributed by atoms with Gasteiger partial charge in [-0.1, -0.05) is 17.7 Å². The van der Waals surface area contributed by atoms with E-state index >= 15 is 0 Å². The third kappa shape index (κ3) is 3.96. The molecule has 0 saturated carbocycles. The number of anilines is 1. The van der Waals surface area contributed by atoms with Crippen molar-refractivity contribution in [3.05, 3.63) is 53.5 Å². The number of aryl methyl sites for hydroxylation is 2. The topological polar surface area (TPSA) is 69.6 Å². The van der Waals surface area contributed by atoms with Crippen LogP contribution in [0.25, 0.3) is 0 Å². The highest BCUT2D eigenvalue weighted by molar-refractivity contribution is 5.94. The van der Waals surface area contributed by atoms with Gasteiger partial charge in [-0.2, -0.15) is 0 Å². The molecule has 132 valence electrons. The van der Waals surface area contributed by atoms with Gasteiger partial charge in [0.1, 0.15) is 17.7 Å². The molecule has 1 saturated heterocycles. The Kier molecular flexibility index (Phi) is 4.72. The second kappa shape index (κ2) is 6.80. The fourth-order valence-corrected chi connectivity index (χ4v) is 3.22. The van der Waals surface area contributed by atoms with Crippen LogP contribution >= 0.6 is 0 Å². The third-order valence-electron chi connectivity index (χ3n) is 4.62. The first-order valence-corrected chi connectivity index (χ1v) is 8.44. The van der Waals surface area contributed by atoms with E-state index < -0.39 is 5.60 Å². The van der Waals surface area contributed by atoms with Crippen LogP contribution in [-0.2, 0) is 0 Å². The Balaban J connectivity index is 1.66. The van der Waals surface area contributed by atoms with Crippen LogP contribution in [0.4, 0.5) is 5.82 Å². The molecule has 1 aliphatic rings. The molecular weight excluding hydrogens is 316 g/mol. The Labute approximate surface area is 148 Å². The average Bonchev–Trinajstić information content (AvgIpc) is 2.97. The summed E-state index contributed by atoms with van der Waals surface area (Å²) in [4.78, 5) is 24.6. The third-order valence-corrected chi connectivity index (χ3v) is 4.62. The number of aliphatic hydroxyl groups is 1. The summed E-state index contributed by atoms with van der Waals surface area (Å²) < 4.78 is 0. The zero-order chi connectivity index (χ0) is 18.0. The van der Waals surface area contributed by atoms with Gasteiger partial charge in [0, 0.05) is 37.5 Å². The maximum Gasteiger partial charge on any atom is 0.253 e. The summed E-state index contributed by atoms with van der Waals surface area (Å²) in [6.45, 7) is 5.36. The summed E-state index contributed by atoms with van der Waals surface area (Å²) in [5.41, 5.74) is 1.71. The number of benzene rings is 1. The minimum atomic E-state index is -0.937. The molecule has 0 radical (unpaired) electrons. The van der Waals surface area contributed by atoms with Gasteiger partial charge < -0.3 is 14.9 Å². The molecule has 1 aromatic carbocycles. The highest BCUT2D eigenvalue weighted by Gasteiger charge is 2.38. The van der Waals surface area contributed by atoms with Crippen molar-refractivity contribution in [1.29, 1.82) is 0 Å². The molecule has 1 fully saturated rings. The second-order valence-electron chi connectivity index (χ2n) is 6.94. The van der Waals surface area contributed by atoms with Gasteiger partial charge in [-0.15, -0.1) is 0 Å². The zero-order valence-electron chi connectivity index (χ0n) is 14.9. The summed E-state index contributed by atoms with van der Waals surface area (Å²) in [5, 5.41) is 10.9. The molecule has 6 nitrogen and oxygen atoms in total. The Morgan fingerprint density at radius 1 is 1.28 bits per heavy atom. The first-order chi connectivity index (χ1) is 11.9. The normalized spacial score (nSPS) is 19.9. The number of hydrogen-bond acceptors (Lipinski definition) is 5. The highest BCUT2D eigenvalue weighted by Crippen LogP contribution is 2.26. The van der Waals surface area contributed by atoms with E-state index in [1.165, 1.54) is 6.33 Å². The minimum Gasteiger partial charge on any atom is -0.386 e. The number of hydrogen-bond donors (Lipinski definition) is 1. The van der Waals surface area contributed by atoms with Crippen LogP contribution in [0, 0.1) is 13.8 Å². The van der Waals surface area contributed by atoms with Crippen molar-refractivity contribution in [2.24, 2.45) is 0 Å². The fourth-order valence-electron chi connectivity index (χ4n) is 3.22. The molecule has 25 heavy (non-hydrogen) atoms. The van der Waals surface area contributed by atoms with Gasteiger partial charge in [0.2, 0.25) is 0 Å². The van der Waals surface area contributed by atoms with E-state index in [4.69, 9.17) is 0 Å². The van der Waals surface area contributed by atoms with Crippen LogP contribution in [-0.4, -0.2) is 58.2 Å². The standard InChI is InChI=1S/C19H24N4O2/c1-14-4-6-16(7-5-14)18(24)22(3)11-19(25)8-9-23(12-19)17-10-15(2)20-13-21-17/h4-7,10,13,25H,8-9,11-12H2,1-3H3/t19-/m0/s1. The van der Waals surface area contributed by atoms with Crippen LogP contribution in [0.3, 0.4) is 0 Å². The van der Waals surface area contributed by atoms with Crippen molar-refractivity contribution >= 4 is 11.7 Å². The molecule has 6 heteroatoms. The van der Waals surface area contributed by atoms with E-state index in [-0.39, 0.29) is 5.91 Å². The Bertz CT molecular complexity index is 762. The Hall–Kier alpha value is -2.47. The number of carbonyl (C=O) groups is 1. The van der Waals surface area contributed by atoms with Gasteiger partial charge in [-0.05, 0) is 32.4 Å². The molecule has 2 heterocycles. The maximum absolute atomic E-state index is 12.6. The summed E-state index contributed by atoms with van der Waals surface area (Å²) >= 11 is 0. The van der Waals surface area contributed by atoms with Crippen molar-refractivity contribution in [2.45, 2.75) is 25.9 Å².